The van der Waals surface area contributed by atoms with Crippen LogP contribution in [0.25, 0.3) is 39.1 Å². The molecule has 8 nitrogen and oxygen atoms in total. The third-order valence-electron chi connectivity index (χ3n) is 6.87. The summed E-state index contributed by atoms with van der Waals surface area (Å²) in [4.78, 5) is 27.5. The highest BCUT2D eigenvalue weighted by Gasteiger charge is 2.35. The highest BCUT2D eigenvalue weighted by molar-refractivity contribution is 5.86. The van der Waals surface area contributed by atoms with Gasteiger partial charge in [0.2, 0.25) is 0 Å². The van der Waals surface area contributed by atoms with E-state index in [2.05, 4.69) is 9.97 Å². The number of benzene rings is 1. The van der Waals surface area contributed by atoms with E-state index in [0.717, 1.165) is 33.5 Å². The van der Waals surface area contributed by atoms with Gasteiger partial charge in [0.1, 0.15) is 28.6 Å². The minimum atomic E-state index is -1.35. The molecule has 1 saturated heterocycles. The van der Waals surface area contributed by atoms with Crippen LogP contribution in [-0.2, 0) is 4.74 Å². The molecule has 0 radical (unpaired) electrons. The summed E-state index contributed by atoms with van der Waals surface area (Å²) < 4.78 is 28.8. The van der Waals surface area contributed by atoms with Crippen molar-refractivity contribution in [1.29, 1.82) is 0 Å². The summed E-state index contributed by atoms with van der Waals surface area (Å²) >= 11 is 0. The van der Waals surface area contributed by atoms with Crippen molar-refractivity contribution >= 4 is 22.6 Å². The highest BCUT2D eigenvalue weighted by atomic mass is 19.1. The van der Waals surface area contributed by atoms with Crippen molar-refractivity contribution in [2.75, 3.05) is 13.1 Å². The first-order chi connectivity index (χ1) is 19.2. The summed E-state index contributed by atoms with van der Waals surface area (Å²) in [5, 5.41) is 0.885. The molecule has 1 amide bonds. The third-order valence-corrected chi connectivity index (χ3v) is 6.87. The Morgan fingerprint density at radius 2 is 1.93 bits per heavy atom. The fourth-order valence-corrected chi connectivity index (χ4v) is 4.91. The second-order valence-corrected chi connectivity index (χ2v) is 10.9. The number of imidazole rings is 1. The molecular formula is C31H30FN5O3. The molecule has 40 heavy (non-hydrogen) atoms. The predicted octanol–water partition coefficient (Wildman–Crippen LogP) is 6.34. The smallest absolute Gasteiger partial charge is 0.410 e. The van der Waals surface area contributed by atoms with Crippen LogP contribution in [0.1, 0.15) is 27.2 Å². The molecule has 5 heterocycles. The van der Waals surface area contributed by atoms with E-state index in [1.54, 1.807) is 39.2 Å². The number of carbonyl (C=O) groups is 1. The Labute approximate surface area is 231 Å². The van der Waals surface area contributed by atoms with E-state index in [0.29, 0.717) is 24.2 Å². The van der Waals surface area contributed by atoms with Crippen LogP contribution in [0.4, 0.5) is 9.18 Å². The predicted molar refractivity (Wildman–Crippen MR) is 151 cm³/mol. The minimum Gasteiger partial charge on any atom is -0.485 e. The molecule has 1 fully saturated rings. The maximum absolute atomic E-state index is 15.2. The fourth-order valence-electron chi connectivity index (χ4n) is 4.91. The van der Waals surface area contributed by atoms with E-state index in [1.807, 2.05) is 65.3 Å². The van der Waals surface area contributed by atoms with Crippen LogP contribution in [0, 0.1) is 0 Å². The van der Waals surface area contributed by atoms with Crippen molar-refractivity contribution in [1.82, 2.24) is 24.3 Å². The normalized spacial score (nSPS) is 17.8. The van der Waals surface area contributed by atoms with E-state index >= 15 is 4.39 Å². The Hall–Kier alpha value is -4.53. The minimum absolute atomic E-state index is 0.0775. The Morgan fingerprint density at radius 3 is 2.70 bits per heavy atom. The summed E-state index contributed by atoms with van der Waals surface area (Å²) in [5.41, 5.74) is 4.40. The molecule has 2 atom stereocenters. The molecule has 9 heteroatoms. The first-order valence-electron chi connectivity index (χ1n) is 13.3. The van der Waals surface area contributed by atoms with Gasteiger partial charge in [-0.3, -0.25) is 9.38 Å². The second-order valence-electron chi connectivity index (χ2n) is 10.9. The third kappa shape index (κ3) is 5.19. The van der Waals surface area contributed by atoms with E-state index < -0.39 is 24.0 Å². The van der Waals surface area contributed by atoms with E-state index in [1.165, 1.54) is 4.90 Å². The second kappa shape index (κ2) is 10.2. The van der Waals surface area contributed by atoms with Crippen molar-refractivity contribution in [3.8, 4) is 28.3 Å². The van der Waals surface area contributed by atoms with Gasteiger partial charge in [-0.15, -0.1) is 0 Å². The fraction of sp³-hybridized carbons (Fsp3) is 0.290. The number of piperidine rings is 1. The zero-order valence-electron chi connectivity index (χ0n) is 22.6. The first kappa shape index (κ1) is 25.7. The van der Waals surface area contributed by atoms with Gasteiger partial charge in [-0.05, 0) is 56.7 Å². The lowest BCUT2D eigenvalue weighted by Gasteiger charge is -2.35. The van der Waals surface area contributed by atoms with Gasteiger partial charge in [-0.1, -0.05) is 24.3 Å². The number of pyridine rings is 3. The molecule has 1 aliphatic rings. The SMILES string of the molecule is CC(C)(C)OC(=O)N1CC[C@@H](Oc2cccc3ccc(-c4cnc5cc(-c6cccnc6)ccn45)nc23)[C@H](F)C1. The van der Waals surface area contributed by atoms with Crippen LogP contribution in [0.2, 0.25) is 0 Å². The molecule has 0 aliphatic carbocycles. The standard InChI is InChI=1S/C31H30FN5O3/c1-31(2,3)40-30(38)36-14-12-26(23(32)19-36)39-27-8-4-6-20-9-10-24(35-29(20)27)25-18-34-28-16-21(11-15-37(25)28)22-7-5-13-33-17-22/h4-11,13,15-18,23,26H,12,14,19H2,1-3H3/t23-,26-/m1/s1. The number of fused-ring (bicyclic) bond motifs is 2. The van der Waals surface area contributed by atoms with Crippen LogP contribution >= 0.6 is 0 Å². The molecule has 6 rings (SSSR count). The number of carbonyl (C=O) groups excluding carboxylic acids is 1. The van der Waals surface area contributed by atoms with Crippen LogP contribution < -0.4 is 4.74 Å². The molecular weight excluding hydrogens is 509 g/mol. The largest absolute Gasteiger partial charge is 0.485 e. The molecule has 0 spiro atoms. The van der Waals surface area contributed by atoms with Crippen molar-refractivity contribution in [2.45, 2.75) is 45.1 Å². The molecule has 0 N–H and O–H groups in total. The summed E-state index contributed by atoms with van der Waals surface area (Å²) in [6.07, 6.45) is 5.13. The molecule has 0 unspecified atom stereocenters. The van der Waals surface area contributed by atoms with Gasteiger partial charge in [0, 0.05) is 42.5 Å². The Morgan fingerprint density at radius 1 is 1.05 bits per heavy atom. The van der Waals surface area contributed by atoms with Crippen LogP contribution in [0.3, 0.4) is 0 Å². The molecule has 0 saturated carbocycles. The van der Waals surface area contributed by atoms with Crippen molar-refractivity contribution in [3.05, 3.63) is 79.4 Å². The number of rotatable bonds is 4. The maximum atomic E-state index is 15.2. The Bertz CT molecular complexity index is 1680. The van der Waals surface area contributed by atoms with Crippen molar-refractivity contribution in [2.24, 2.45) is 0 Å². The number of hydrogen-bond donors (Lipinski definition) is 0. The van der Waals surface area contributed by atoms with Crippen LogP contribution in [-0.4, -0.2) is 61.3 Å². The molecule has 1 aromatic carbocycles. The number of para-hydroxylation sites is 1. The number of nitrogens with zero attached hydrogens (tertiary/aromatic N) is 5. The quantitative estimate of drug-likeness (QED) is 0.265. The number of hydrogen-bond acceptors (Lipinski definition) is 6. The zero-order chi connectivity index (χ0) is 27.9. The Balaban J connectivity index is 1.25. The number of amides is 1. The molecule has 204 valence electrons. The molecule has 1 aliphatic heterocycles. The lowest BCUT2D eigenvalue weighted by molar-refractivity contribution is -0.0102. The van der Waals surface area contributed by atoms with Crippen molar-refractivity contribution in [3.63, 3.8) is 0 Å². The van der Waals surface area contributed by atoms with Gasteiger partial charge in [0.05, 0.1) is 24.1 Å². The van der Waals surface area contributed by atoms with E-state index in [4.69, 9.17) is 14.5 Å². The number of ether oxygens (including phenoxy) is 2. The van der Waals surface area contributed by atoms with Gasteiger partial charge < -0.3 is 14.4 Å². The average Bonchev–Trinajstić information content (AvgIpc) is 3.37. The highest BCUT2D eigenvalue weighted by Crippen LogP contribution is 2.31. The summed E-state index contributed by atoms with van der Waals surface area (Å²) in [5.74, 6) is 0.505. The van der Waals surface area contributed by atoms with Gasteiger partial charge in [-0.2, -0.15) is 0 Å². The number of likely N-dealkylation sites (tertiary alicyclic amines) is 1. The van der Waals surface area contributed by atoms with Gasteiger partial charge in [0.15, 0.2) is 6.17 Å². The lowest BCUT2D eigenvalue weighted by Crippen LogP contribution is -2.50. The van der Waals surface area contributed by atoms with Crippen LogP contribution in [0.5, 0.6) is 5.75 Å². The van der Waals surface area contributed by atoms with E-state index in [-0.39, 0.29) is 6.54 Å². The summed E-state index contributed by atoms with van der Waals surface area (Å²) in [6, 6.07) is 17.5. The maximum Gasteiger partial charge on any atom is 0.410 e. The first-order valence-corrected chi connectivity index (χ1v) is 13.3. The number of alkyl halides is 1. The topological polar surface area (TPSA) is 81.8 Å². The molecule has 4 aromatic heterocycles. The molecule has 0 bridgehead atoms. The van der Waals surface area contributed by atoms with E-state index in [9.17, 15) is 4.79 Å². The lowest BCUT2D eigenvalue weighted by atomic mass is 10.1. The van der Waals surface area contributed by atoms with Crippen molar-refractivity contribution < 1.29 is 18.7 Å². The average molecular weight is 540 g/mol. The van der Waals surface area contributed by atoms with Gasteiger partial charge >= 0.3 is 6.09 Å². The Kier molecular flexibility index (Phi) is 6.57. The summed E-state index contributed by atoms with van der Waals surface area (Å²) in [7, 11) is 0. The van der Waals surface area contributed by atoms with Crippen LogP contribution in [0.15, 0.2) is 79.4 Å². The zero-order valence-corrected chi connectivity index (χ0v) is 22.6. The monoisotopic (exact) mass is 539 g/mol. The number of aromatic nitrogens is 4. The molecule has 5 aromatic rings. The summed E-state index contributed by atoms with van der Waals surface area (Å²) in [6.45, 7) is 5.66. The van der Waals surface area contributed by atoms with Gasteiger partial charge in [0.25, 0.3) is 0 Å². The van der Waals surface area contributed by atoms with Gasteiger partial charge in [-0.25, -0.2) is 19.2 Å². The number of halogens is 1.